The number of ether oxygens (including phenoxy) is 1. The number of aromatic carboxylic acids is 1. The molecule has 0 fully saturated rings. The molecule has 3 aromatic carbocycles. The first kappa shape index (κ1) is 31.9. The molecule has 0 saturated heterocycles. The number of amides is 1. The first-order chi connectivity index (χ1) is 20.4. The predicted molar refractivity (Wildman–Crippen MR) is 159 cm³/mol. The molecule has 1 amide bonds. The maximum Gasteiger partial charge on any atom is 0.335 e. The number of carbonyl (C=O) groups excluding carboxylic acids is 1. The number of likely N-dealkylation sites (N-methyl/N-ethyl adjacent to an activating group) is 1. The van der Waals surface area contributed by atoms with Gasteiger partial charge in [-0.15, -0.1) is 0 Å². The highest BCUT2D eigenvalue weighted by Gasteiger charge is 2.31. The van der Waals surface area contributed by atoms with Gasteiger partial charge < -0.3 is 19.8 Å². The summed E-state index contributed by atoms with van der Waals surface area (Å²) in [7, 11) is -2.10. The van der Waals surface area contributed by atoms with Gasteiger partial charge in [0.25, 0.3) is 10.0 Å². The SMILES string of the molecule is C[C@H](CO)N1C[C@H](C)[C@H](CN(C)Cc2ccc(C(=O)O)cc2)Oc2ccc(NS(=O)(=O)c3ccc(F)cc3)cc2CC1=O. The first-order valence-electron chi connectivity index (χ1n) is 13.9. The fourth-order valence-corrected chi connectivity index (χ4v) is 6.02. The molecule has 0 unspecified atom stereocenters. The van der Waals surface area contributed by atoms with Gasteiger partial charge in [0.05, 0.1) is 29.5 Å². The Bertz CT molecular complexity index is 1550. The van der Waals surface area contributed by atoms with Crippen LogP contribution in [0.2, 0.25) is 0 Å². The summed E-state index contributed by atoms with van der Waals surface area (Å²) in [5.41, 5.74) is 1.82. The van der Waals surface area contributed by atoms with Gasteiger partial charge in [-0.3, -0.25) is 14.4 Å². The van der Waals surface area contributed by atoms with Crippen molar-refractivity contribution in [3.8, 4) is 5.75 Å². The summed E-state index contributed by atoms with van der Waals surface area (Å²) in [6, 6.07) is 15.4. The van der Waals surface area contributed by atoms with Gasteiger partial charge in [-0.1, -0.05) is 19.1 Å². The van der Waals surface area contributed by atoms with Crippen molar-refractivity contribution in [1.29, 1.82) is 0 Å². The van der Waals surface area contributed by atoms with Gasteiger partial charge in [-0.25, -0.2) is 17.6 Å². The van der Waals surface area contributed by atoms with E-state index in [4.69, 9.17) is 9.84 Å². The lowest BCUT2D eigenvalue weighted by Crippen LogP contribution is -2.47. The number of nitrogens with zero attached hydrogens (tertiary/aromatic N) is 2. The molecule has 4 rings (SSSR count). The molecule has 3 atom stereocenters. The van der Waals surface area contributed by atoms with E-state index in [-0.39, 0.29) is 47.1 Å². The number of carbonyl (C=O) groups is 2. The standard InChI is InChI=1S/C31H36FN3O7S/c1-20-16-35(21(2)19-36)30(37)15-24-14-26(33-43(40,41)27-11-8-25(32)9-12-27)10-13-28(24)42-29(20)18-34(3)17-22-4-6-23(7-5-22)31(38)39/h4-14,20-21,29,33,36H,15-19H2,1-3H3,(H,38,39)/t20-,21+,29-/m0/s1. The van der Waals surface area contributed by atoms with Crippen molar-refractivity contribution in [1.82, 2.24) is 9.80 Å². The number of anilines is 1. The van der Waals surface area contributed by atoms with Crippen molar-refractivity contribution < 1.29 is 37.3 Å². The zero-order chi connectivity index (χ0) is 31.3. The molecule has 1 aliphatic heterocycles. The van der Waals surface area contributed by atoms with E-state index in [2.05, 4.69) is 4.72 Å². The summed E-state index contributed by atoms with van der Waals surface area (Å²) in [5, 5.41) is 19.0. The number of carboxylic acid groups (broad SMARTS) is 1. The topological polar surface area (TPSA) is 136 Å². The molecule has 1 aliphatic rings. The molecule has 0 aromatic heterocycles. The average Bonchev–Trinajstić information content (AvgIpc) is 3.00. The number of aliphatic hydroxyl groups is 1. The van der Waals surface area contributed by atoms with Gasteiger partial charge >= 0.3 is 5.97 Å². The number of benzene rings is 3. The van der Waals surface area contributed by atoms with Gasteiger partial charge in [0.15, 0.2) is 0 Å². The van der Waals surface area contributed by atoms with Gasteiger partial charge in [0, 0.05) is 36.8 Å². The second-order valence-electron chi connectivity index (χ2n) is 11.0. The van der Waals surface area contributed by atoms with Crippen LogP contribution in [0.25, 0.3) is 0 Å². The Morgan fingerprint density at radius 3 is 2.44 bits per heavy atom. The summed E-state index contributed by atoms with van der Waals surface area (Å²) in [5.74, 6) is -1.48. The van der Waals surface area contributed by atoms with Crippen LogP contribution in [0.1, 0.15) is 35.3 Å². The first-order valence-corrected chi connectivity index (χ1v) is 15.3. The fraction of sp³-hybridized carbons (Fsp3) is 0.355. The van der Waals surface area contributed by atoms with E-state index >= 15 is 0 Å². The van der Waals surface area contributed by atoms with Crippen LogP contribution in [0.15, 0.2) is 71.6 Å². The van der Waals surface area contributed by atoms with Crippen LogP contribution in [0.3, 0.4) is 0 Å². The number of hydrogen-bond donors (Lipinski definition) is 3. The van der Waals surface area contributed by atoms with Crippen LogP contribution in [0, 0.1) is 11.7 Å². The number of sulfonamides is 1. The Hall–Kier alpha value is -4.00. The molecule has 0 radical (unpaired) electrons. The predicted octanol–water partition coefficient (Wildman–Crippen LogP) is 3.61. The summed E-state index contributed by atoms with van der Waals surface area (Å²) in [6.45, 7) is 4.85. The van der Waals surface area contributed by atoms with E-state index in [1.165, 1.54) is 12.1 Å². The van der Waals surface area contributed by atoms with Gasteiger partial charge in [0.1, 0.15) is 17.7 Å². The van der Waals surface area contributed by atoms with Crippen LogP contribution >= 0.6 is 0 Å². The summed E-state index contributed by atoms with van der Waals surface area (Å²) in [4.78, 5) is 28.2. The smallest absolute Gasteiger partial charge is 0.335 e. The highest BCUT2D eigenvalue weighted by atomic mass is 32.2. The van der Waals surface area contributed by atoms with Gasteiger partial charge in [-0.05, 0) is 74.1 Å². The van der Waals surface area contributed by atoms with E-state index in [1.54, 1.807) is 54.3 Å². The quantitative estimate of drug-likeness (QED) is 0.316. The molecular weight excluding hydrogens is 577 g/mol. The lowest BCUT2D eigenvalue weighted by molar-refractivity contribution is -0.134. The fourth-order valence-electron chi connectivity index (χ4n) is 4.97. The average molecular weight is 614 g/mol. The van der Waals surface area contributed by atoms with E-state index in [0.29, 0.717) is 30.9 Å². The second kappa shape index (κ2) is 13.5. The maximum absolute atomic E-state index is 13.5. The molecule has 0 bridgehead atoms. The van der Waals surface area contributed by atoms with Crippen molar-refractivity contribution in [2.45, 2.75) is 43.9 Å². The van der Waals surface area contributed by atoms with Gasteiger partial charge in [-0.2, -0.15) is 0 Å². The maximum atomic E-state index is 13.5. The molecule has 0 aliphatic carbocycles. The molecular formula is C31H36FN3O7S. The van der Waals surface area contributed by atoms with Crippen LogP contribution in [-0.2, 0) is 27.8 Å². The molecule has 0 saturated carbocycles. The van der Waals surface area contributed by atoms with Crippen molar-refractivity contribution >= 4 is 27.6 Å². The minimum absolute atomic E-state index is 0.0724. The van der Waals surface area contributed by atoms with E-state index < -0.39 is 27.9 Å². The van der Waals surface area contributed by atoms with Crippen LogP contribution in [-0.4, -0.2) is 79.2 Å². The summed E-state index contributed by atoms with van der Waals surface area (Å²) < 4.78 is 48.2. The Morgan fingerprint density at radius 2 is 1.81 bits per heavy atom. The number of rotatable bonds is 10. The zero-order valence-corrected chi connectivity index (χ0v) is 25.1. The number of nitrogens with one attached hydrogen (secondary N) is 1. The van der Waals surface area contributed by atoms with Crippen molar-refractivity contribution in [2.24, 2.45) is 5.92 Å². The molecule has 0 spiro atoms. The number of fused-ring (bicyclic) bond motifs is 1. The third kappa shape index (κ3) is 8.09. The molecule has 10 nitrogen and oxygen atoms in total. The van der Waals surface area contributed by atoms with Gasteiger partial charge in [0.2, 0.25) is 5.91 Å². The molecule has 3 N–H and O–H groups in total. The minimum atomic E-state index is -4.02. The molecule has 230 valence electrons. The molecule has 1 heterocycles. The Kier molecular flexibility index (Phi) is 10.0. The number of halogens is 1. The Morgan fingerprint density at radius 1 is 1.14 bits per heavy atom. The molecule has 3 aromatic rings. The highest BCUT2D eigenvalue weighted by Crippen LogP contribution is 2.30. The Labute approximate surface area is 250 Å². The summed E-state index contributed by atoms with van der Waals surface area (Å²) in [6.07, 6.45) is -0.458. The lowest BCUT2D eigenvalue weighted by Gasteiger charge is -2.34. The third-order valence-corrected chi connectivity index (χ3v) is 8.83. The van der Waals surface area contributed by atoms with Crippen molar-refractivity contribution in [3.05, 3.63) is 89.2 Å². The largest absolute Gasteiger partial charge is 0.488 e. The molecule has 12 heteroatoms. The second-order valence-corrected chi connectivity index (χ2v) is 12.7. The third-order valence-electron chi connectivity index (χ3n) is 7.44. The normalized spacial score (nSPS) is 18.2. The van der Waals surface area contributed by atoms with Crippen LogP contribution in [0.5, 0.6) is 5.75 Å². The number of aliphatic hydroxyl groups excluding tert-OH is 1. The number of carboxylic acids is 1. The minimum Gasteiger partial charge on any atom is -0.488 e. The zero-order valence-electron chi connectivity index (χ0n) is 24.2. The lowest BCUT2D eigenvalue weighted by atomic mass is 10.0. The summed E-state index contributed by atoms with van der Waals surface area (Å²) >= 11 is 0. The van der Waals surface area contributed by atoms with E-state index in [1.807, 2.05) is 18.9 Å². The Balaban J connectivity index is 1.60. The van der Waals surface area contributed by atoms with E-state index in [9.17, 15) is 27.5 Å². The van der Waals surface area contributed by atoms with Crippen molar-refractivity contribution in [2.75, 3.05) is 31.5 Å². The highest BCUT2D eigenvalue weighted by molar-refractivity contribution is 7.92. The van der Waals surface area contributed by atoms with Crippen molar-refractivity contribution in [3.63, 3.8) is 0 Å². The number of hydrogen-bond acceptors (Lipinski definition) is 7. The van der Waals surface area contributed by atoms with Crippen LogP contribution in [0.4, 0.5) is 10.1 Å². The van der Waals surface area contributed by atoms with Crippen LogP contribution < -0.4 is 9.46 Å². The monoisotopic (exact) mass is 613 g/mol. The van der Waals surface area contributed by atoms with E-state index in [0.717, 1.165) is 17.7 Å². The molecule has 43 heavy (non-hydrogen) atoms.